The maximum absolute atomic E-state index is 12.7. The highest BCUT2D eigenvalue weighted by molar-refractivity contribution is 5.94. The molecule has 0 unspecified atom stereocenters. The van der Waals surface area contributed by atoms with E-state index in [4.69, 9.17) is 4.74 Å². The molecule has 0 radical (unpaired) electrons. The zero-order valence-corrected chi connectivity index (χ0v) is 15.9. The van der Waals surface area contributed by atoms with E-state index in [0.29, 0.717) is 38.3 Å². The first-order valence-corrected chi connectivity index (χ1v) is 8.68. The summed E-state index contributed by atoms with van der Waals surface area (Å²) in [5.41, 5.74) is 1.65. The van der Waals surface area contributed by atoms with Gasteiger partial charge >= 0.3 is 6.03 Å². The fourth-order valence-corrected chi connectivity index (χ4v) is 2.76. The van der Waals surface area contributed by atoms with Crippen LogP contribution in [0.3, 0.4) is 0 Å². The molecule has 1 aromatic carbocycles. The van der Waals surface area contributed by atoms with Crippen LogP contribution in [0.5, 0.6) is 5.75 Å². The molecule has 1 N–H and O–H groups in total. The van der Waals surface area contributed by atoms with Gasteiger partial charge in [-0.1, -0.05) is 20.8 Å². The van der Waals surface area contributed by atoms with Crippen LogP contribution in [-0.4, -0.2) is 61.6 Å². The van der Waals surface area contributed by atoms with Crippen LogP contribution in [0.1, 0.15) is 36.7 Å². The highest BCUT2D eigenvalue weighted by Crippen LogP contribution is 2.20. The number of ether oxygens (including phenoxy) is 1. The zero-order valence-electron chi connectivity index (χ0n) is 15.9. The third-order valence-corrected chi connectivity index (χ3v) is 4.27. The molecular weight excluding hydrogens is 318 g/mol. The van der Waals surface area contributed by atoms with Crippen molar-refractivity contribution >= 4 is 11.9 Å². The summed E-state index contributed by atoms with van der Waals surface area (Å²) in [5.74, 6) is 0.775. The molecule has 1 aliphatic rings. The number of nitrogens with one attached hydrogen (secondary N) is 1. The minimum atomic E-state index is -0.0534. The Morgan fingerprint density at radius 1 is 1.12 bits per heavy atom. The molecule has 6 heteroatoms. The highest BCUT2D eigenvalue weighted by atomic mass is 16.5. The predicted molar refractivity (Wildman–Crippen MR) is 98.1 cm³/mol. The van der Waals surface area contributed by atoms with Crippen LogP contribution in [-0.2, 0) is 0 Å². The SMILES string of the molecule is COc1ccc(C(=O)N2CCN(C(=O)NCC(C)(C)C)CC2)cc1C. The molecule has 1 aromatic rings. The second-order valence-corrected chi connectivity index (χ2v) is 7.68. The minimum Gasteiger partial charge on any atom is -0.496 e. The standard InChI is InChI=1S/C19H29N3O3/c1-14-12-15(6-7-16(14)25-5)17(23)21-8-10-22(11-9-21)18(24)20-13-19(2,3)4/h6-7,12H,8-11,13H2,1-5H3,(H,20,24). The molecule has 1 saturated heterocycles. The molecule has 2 rings (SSSR count). The molecule has 1 fully saturated rings. The molecule has 0 spiro atoms. The van der Waals surface area contributed by atoms with Gasteiger partial charge in [0, 0.05) is 38.3 Å². The molecule has 0 atom stereocenters. The first kappa shape index (κ1) is 19.1. The molecule has 3 amide bonds. The number of hydrogen-bond donors (Lipinski definition) is 1. The quantitative estimate of drug-likeness (QED) is 0.914. The Morgan fingerprint density at radius 2 is 1.72 bits per heavy atom. The molecule has 25 heavy (non-hydrogen) atoms. The van der Waals surface area contributed by atoms with Crippen LogP contribution in [0.4, 0.5) is 4.79 Å². The van der Waals surface area contributed by atoms with Crippen LogP contribution in [0.2, 0.25) is 0 Å². The molecular formula is C19H29N3O3. The third-order valence-electron chi connectivity index (χ3n) is 4.27. The fraction of sp³-hybridized carbons (Fsp3) is 0.579. The van der Waals surface area contributed by atoms with E-state index in [2.05, 4.69) is 26.1 Å². The van der Waals surface area contributed by atoms with Crippen molar-refractivity contribution in [2.75, 3.05) is 39.8 Å². The van der Waals surface area contributed by atoms with Gasteiger partial charge in [0.1, 0.15) is 5.75 Å². The third kappa shape index (κ3) is 5.11. The van der Waals surface area contributed by atoms with Gasteiger partial charge in [-0.3, -0.25) is 4.79 Å². The van der Waals surface area contributed by atoms with E-state index in [-0.39, 0.29) is 17.4 Å². The summed E-state index contributed by atoms with van der Waals surface area (Å²) >= 11 is 0. The number of aryl methyl sites for hydroxylation is 1. The van der Waals surface area contributed by atoms with Crippen molar-refractivity contribution in [3.8, 4) is 5.75 Å². The zero-order chi connectivity index (χ0) is 18.6. The maximum Gasteiger partial charge on any atom is 0.317 e. The Bertz CT molecular complexity index is 629. The van der Waals surface area contributed by atoms with Crippen LogP contribution in [0, 0.1) is 12.3 Å². The molecule has 1 heterocycles. The number of carbonyl (C=O) groups excluding carboxylic acids is 2. The molecule has 0 aromatic heterocycles. The van der Waals surface area contributed by atoms with Gasteiger partial charge in [0.15, 0.2) is 0 Å². The van der Waals surface area contributed by atoms with Gasteiger partial charge in [0.05, 0.1) is 7.11 Å². The number of methoxy groups -OCH3 is 1. The summed E-state index contributed by atoms with van der Waals surface area (Å²) in [7, 11) is 1.62. The van der Waals surface area contributed by atoms with Crippen molar-refractivity contribution in [3.63, 3.8) is 0 Å². The van der Waals surface area contributed by atoms with Gasteiger partial charge in [0.25, 0.3) is 5.91 Å². The summed E-state index contributed by atoms with van der Waals surface area (Å²) in [6.45, 7) is 11.0. The monoisotopic (exact) mass is 347 g/mol. The van der Waals surface area contributed by atoms with Gasteiger partial charge in [-0.15, -0.1) is 0 Å². The van der Waals surface area contributed by atoms with Crippen molar-refractivity contribution in [1.82, 2.24) is 15.1 Å². The van der Waals surface area contributed by atoms with Crippen molar-refractivity contribution < 1.29 is 14.3 Å². The van der Waals surface area contributed by atoms with Crippen LogP contribution >= 0.6 is 0 Å². The Morgan fingerprint density at radius 3 is 2.24 bits per heavy atom. The number of carbonyl (C=O) groups is 2. The van der Waals surface area contributed by atoms with Crippen molar-refractivity contribution in [3.05, 3.63) is 29.3 Å². The van der Waals surface area contributed by atoms with Crippen LogP contribution in [0.15, 0.2) is 18.2 Å². The van der Waals surface area contributed by atoms with E-state index in [1.807, 2.05) is 19.1 Å². The summed E-state index contributed by atoms with van der Waals surface area (Å²) < 4.78 is 5.24. The van der Waals surface area contributed by atoms with E-state index in [9.17, 15) is 9.59 Å². The molecule has 138 valence electrons. The lowest BCUT2D eigenvalue weighted by molar-refractivity contribution is 0.0664. The molecule has 0 saturated carbocycles. The number of rotatable bonds is 3. The number of urea groups is 1. The molecule has 0 bridgehead atoms. The molecule has 6 nitrogen and oxygen atoms in total. The van der Waals surface area contributed by atoms with Gasteiger partial charge in [-0.25, -0.2) is 4.79 Å². The lowest BCUT2D eigenvalue weighted by Gasteiger charge is -2.35. The second-order valence-electron chi connectivity index (χ2n) is 7.68. The minimum absolute atomic E-state index is 0.000466. The smallest absolute Gasteiger partial charge is 0.317 e. The van der Waals surface area contributed by atoms with Crippen LogP contribution < -0.4 is 10.1 Å². The molecule has 0 aliphatic carbocycles. The fourth-order valence-electron chi connectivity index (χ4n) is 2.76. The Balaban J connectivity index is 1.90. The number of hydrogen-bond acceptors (Lipinski definition) is 3. The summed E-state index contributed by atoms with van der Waals surface area (Å²) in [4.78, 5) is 28.4. The van der Waals surface area contributed by atoms with Gasteiger partial charge in [-0.2, -0.15) is 0 Å². The number of amides is 3. The van der Waals surface area contributed by atoms with Gasteiger partial charge in [-0.05, 0) is 36.1 Å². The Kier molecular flexibility index (Phi) is 5.93. The normalized spacial score (nSPS) is 15.1. The van der Waals surface area contributed by atoms with Crippen LogP contribution in [0.25, 0.3) is 0 Å². The Hall–Kier alpha value is -2.24. The predicted octanol–water partition coefficient (Wildman–Crippen LogP) is 2.52. The topological polar surface area (TPSA) is 61.9 Å². The lowest BCUT2D eigenvalue weighted by Crippen LogP contribution is -2.53. The average molecular weight is 347 g/mol. The van der Waals surface area contributed by atoms with Crippen molar-refractivity contribution in [2.45, 2.75) is 27.7 Å². The Labute approximate surface area is 150 Å². The van der Waals surface area contributed by atoms with E-state index in [0.717, 1.165) is 11.3 Å². The first-order chi connectivity index (χ1) is 11.7. The van der Waals surface area contributed by atoms with Crippen molar-refractivity contribution in [1.29, 1.82) is 0 Å². The van der Waals surface area contributed by atoms with E-state index >= 15 is 0 Å². The summed E-state index contributed by atoms with van der Waals surface area (Å²) in [6.07, 6.45) is 0. The van der Waals surface area contributed by atoms with E-state index < -0.39 is 0 Å². The second kappa shape index (κ2) is 7.76. The maximum atomic E-state index is 12.7. The summed E-state index contributed by atoms with van der Waals surface area (Å²) in [6, 6.07) is 5.40. The van der Waals surface area contributed by atoms with Gasteiger partial charge in [0.2, 0.25) is 0 Å². The van der Waals surface area contributed by atoms with Crippen molar-refractivity contribution in [2.24, 2.45) is 5.41 Å². The molecule has 1 aliphatic heterocycles. The number of benzene rings is 1. The number of nitrogens with zero attached hydrogens (tertiary/aromatic N) is 2. The van der Waals surface area contributed by atoms with E-state index in [1.165, 1.54) is 0 Å². The first-order valence-electron chi connectivity index (χ1n) is 8.68. The largest absolute Gasteiger partial charge is 0.496 e. The van der Waals surface area contributed by atoms with E-state index in [1.54, 1.807) is 23.0 Å². The number of piperazine rings is 1. The average Bonchev–Trinajstić information content (AvgIpc) is 2.58. The highest BCUT2D eigenvalue weighted by Gasteiger charge is 2.25. The summed E-state index contributed by atoms with van der Waals surface area (Å²) in [5, 5.41) is 2.96. The van der Waals surface area contributed by atoms with Gasteiger partial charge < -0.3 is 19.9 Å². The lowest BCUT2D eigenvalue weighted by atomic mass is 9.97.